The number of hydrogen-bond acceptors (Lipinski definition) is 5. The summed E-state index contributed by atoms with van der Waals surface area (Å²) in [6, 6.07) is 7.16. The Morgan fingerprint density at radius 1 is 1.00 bits per heavy atom. The van der Waals surface area contributed by atoms with Gasteiger partial charge in [-0.25, -0.2) is 0 Å². The summed E-state index contributed by atoms with van der Waals surface area (Å²) >= 11 is 0. The third-order valence-electron chi connectivity index (χ3n) is 5.45. The maximum Gasteiger partial charge on any atom is 0.253 e. The number of nitrogens with zero attached hydrogens (tertiary/aromatic N) is 3. The number of ether oxygens (including phenoxy) is 2. The van der Waals surface area contributed by atoms with Gasteiger partial charge in [0.2, 0.25) is 5.91 Å². The van der Waals surface area contributed by atoms with Gasteiger partial charge in [-0.2, -0.15) is 0 Å². The number of carbonyl (C=O) groups is 2. The number of rotatable bonds is 6. The normalized spacial score (nSPS) is 20.7. The van der Waals surface area contributed by atoms with E-state index in [4.69, 9.17) is 9.47 Å². The van der Waals surface area contributed by atoms with Crippen molar-refractivity contribution in [1.29, 1.82) is 0 Å². The average molecular weight is 375 g/mol. The van der Waals surface area contributed by atoms with Crippen molar-refractivity contribution in [2.75, 3.05) is 66.6 Å². The zero-order valence-corrected chi connectivity index (χ0v) is 16.2. The van der Waals surface area contributed by atoms with Gasteiger partial charge in [-0.05, 0) is 37.2 Å². The first-order valence-corrected chi connectivity index (χ1v) is 9.55. The fraction of sp³-hybridized carbons (Fsp3) is 0.600. The van der Waals surface area contributed by atoms with Gasteiger partial charge in [0.15, 0.2) is 0 Å². The van der Waals surface area contributed by atoms with Crippen LogP contribution in [0.2, 0.25) is 0 Å². The minimum absolute atomic E-state index is 0.0105. The van der Waals surface area contributed by atoms with Crippen LogP contribution < -0.4 is 4.74 Å². The first-order valence-electron chi connectivity index (χ1n) is 9.55. The smallest absolute Gasteiger partial charge is 0.253 e. The van der Waals surface area contributed by atoms with E-state index in [1.807, 2.05) is 9.80 Å². The van der Waals surface area contributed by atoms with E-state index in [0.29, 0.717) is 38.3 Å². The van der Waals surface area contributed by atoms with Crippen molar-refractivity contribution in [1.82, 2.24) is 14.7 Å². The average Bonchev–Trinajstić information content (AvgIpc) is 3.20. The SMILES string of the molecule is COCCN1CC[C@H](C(=O)N2CCN(C(=O)c3ccc(OC)cc3)CC2)C1. The van der Waals surface area contributed by atoms with Crippen molar-refractivity contribution in [3.05, 3.63) is 29.8 Å². The van der Waals surface area contributed by atoms with Gasteiger partial charge in [-0.1, -0.05) is 0 Å². The second kappa shape index (κ2) is 9.19. The fourth-order valence-electron chi connectivity index (χ4n) is 3.76. The lowest BCUT2D eigenvalue weighted by atomic mass is 10.1. The molecule has 0 unspecified atom stereocenters. The van der Waals surface area contributed by atoms with Crippen molar-refractivity contribution in [2.24, 2.45) is 5.92 Å². The number of benzene rings is 1. The summed E-state index contributed by atoms with van der Waals surface area (Å²) in [5.74, 6) is 1.05. The molecule has 1 aromatic carbocycles. The zero-order chi connectivity index (χ0) is 19.2. The second-order valence-corrected chi connectivity index (χ2v) is 7.12. The summed E-state index contributed by atoms with van der Waals surface area (Å²) < 4.78 is 10.3. The maximum absolute atomic E-state index is 12.8. The van der Waals surface area contributed by atoms with Crippen LogP contribution in [0, 0.1) is 5.92 Å². The van der Waals surface area contributed by atoms with Crippen LogP contribution in [0.15, 0.2) is 24.3 Å². The number of piperazine rings is 1. The summed E-state index contributed by atoms with van der Waals surface area (Å²) in [5.41, 5.74) is 0.653. The van der Waals surface area contributed by atoms with Crippen LogP contribution in [-0.2, 0) is 9.53 Å². The minimum atomic E-state index is 0.0105. The zero-order valence-electron chi connectivity index (χ0n) is 16.2. The van der Waals surface area contributed by atoms with Crippen LogP contribution in [0.1, 0.15) is 16.8 Å². The van der Waals surface area contributed by atoms with Crippen molar-refractivity contribution >= 4 is 11.8 Å². The molecule has 148 valence electrons. The van der Waals surface area contributed by atoms with Crippen molar-refractivity contribution in [3.63, 3.8) is 0 Å². The van der Waals surface area contributed by atoms with Crippen LogP contribution in [0.3, 0.4) is 0 Å². The molecule has 27 heavy (non-hydrogen) atoms. The molecule has 0 saturated carbocycles. The molecule has 2 heterocycles. The molecule has 0 spiro atoms. The Labute approximate surface area is 160 Å². The molecule has 3 rings (SSSR count). The lowest BCUT2D eigenvalue weighted by Crippen LogP contribution is -2.52. The Morgan fingerprint density at radius 3 is 2.30 bits per heavy atom. The number of methoxy groups -OCH3 is 2. The molecule has 0 bridgehead atoms. The predicted molar refractivity (Wildman–Crippen MR) is 102 cm³/mol. The Balaban J connectivity index is 1.48. The van der Waals surface area contributed by atoms with Crippen LogP contribution in [0.25, 0.3) is 0 Å². The molecular formula is C20H29N3O4. The highest BCUT2D eigenvalue weighted by atomic mass is 16.5. The number of carbonyl (C=O) groups excluding carboxylic acids is 2. The molecule has 0 aliphatic carbocycles. The largest absolute Gasteiger partial charge is 0.497 e. The number of hydrogen-bond donors (Lipinski definition) is 0. The molecule has 1 aromatic rings. The number of likely N-dealkylation sites (tertiary alicyclic amines) is 1. The molecule has 2 aliphatic rings. The summed E-state index contributed by atoms with van der Waals surface area (Å²) in [4.78, 5) is 31.5. The van der Waals surface area contributed by atoms with Crippen LogP contribution in [-0.4, -0.2) is 93.2 Å². The Hall–Kier alpha value is -2.12. The molecular weight excluding hydrogens is 346 g/mol. The third kappa shape index (κ3) is 4.78. The lowest BCUT2D eigenvalue weighted by molar-refractivity contribution is -0.136. The minimum Gasteiger partial charge on any atom is -0.497 e. The molecule has 2 amide bonds. The van der Waals surface area contributed by atoms with Gasteiger partial charge in [-0.3, -0.25) is 9.59 Å². The van der Waals surface area contributed by atoms with E-state index in [-0.39, 0.29) is 17.7 Å². The van der Waals surface area contributed by atoms with E-state index in [9.17, 15) is 9.59 Å². The van der Waals surface area contributed by atoms with Gasteiger partial charge in [0.1, 0.15) is 5.75 Å². The van der Waals surface area contributed by atoms with Gasteiger partial charge >= 0.3 is 0 Å². The van der Waals surface area contributed by atoms with Crippen molar-refractivity contribution in [3.8, 4) is 5.75 Å². The molecule has 0 aromatic heterocycles. The van der Waals surface area contributed by atoms with Crippen LogP contribution in [0.4, 0.5) is 0 Å². The molecule has 2 saturated heterocycles. The van der Waals surface area contributed by atoms with E-state index >= 15 is 0 Å². The highest BCUT2D eigenvalue weighted by Gasteiger charge is 2.33. The van der Waals surface area contributed by atoms with Crippen molar-refractivity contribution in [2.45, 2.75) is 6.42 Å². The third-order valence-corrected chi connectivity index (χ3v) is 5.45. The van der Waals surface area contributed by atoms with E-state index < -0.39 is 0 Å². The summed E-state index contributed by atoms with van der Waals surface area (Å²) in [6.07, 6.45) is 0.910. The van der Waals surface area contributed by atoms with Gasteiger partial charge in [-0.15, -0.1) is 0 Å². The van der Waals surface area contributed by atoms with Gasteiger partial charge in [0.05, 0.1) is 19.6 Å². The van der Waals surface area contributed by atoms with E-state index in [0.717, 1.165) is 31.8 Å². The maximum atomic E-state index is 12.8. The Bertz CT molecular complexity index is 641. The molecule has 2 fully saturated rings. The first-order chi connectivity index (χ1) is 13.1. The van der Waals surface area contributed by atoms with Crippen LogP contribution >= 0.6 is 0 Å². The fourth-order valence-corrected chi connectivity index (χ4v) is 3.76. The monoisotopic (exact) mass is 375 g/mol. The van der Waals surface area contributed by atoms with Gasteiger partial charge in [0, 0.05) is 51.9 Å². The topological polar surface area (TPSA) is 62.3 Å². The van der Waals surface area contributed by atoms with E-state index in [2.05, 4.69) is 4.90 Å². The molecule has 7 heteroatoms. The summed E-state index contributed by atoms with van der Waals surface area (Å²) in [5, 5.41) is 0. The molecule has 2 aliphatic heterocycles. The van der Waals surface area contributed by atoms with Gasteiger partial charge in [0.25, 0.3) is 5.91 Å². The van der Waals surface area contributed by atoms with Gasteiger partial charge < -0.3 is 24.2 Å². The summed E-state index contributed by atoms with van der Waals surface area (Å²) in [7, 11) is 3.31. The molecule has 7 nitrogen and oxygen atoms in total. The predicted octanol–water partition coefficient (Wildman–Crippen LogP) is 0.948. The Kier molecular flexibility index (Phi) is 6.68. The highest BCUT2D eigenvalue weighted by molar-refractivity contribution is 5.94. The molecule has 0 radical (unpaired) electrons. The van der Waals surface area contributed by atoms with E-state index in [1.165, 1.54) is 0 Å². The standard InChI is InChI=1S/C20H29N3O4/c1-26-14-13-21-8-7-17(15-21)20(25)23-11-9-22(10-12-23)19(24)16-3-5-18(27-2)6-4-16/h3-6,17H,7-15H2,1-2H3/t17-/m0/s1. The quantitative estimate of drug-likeness (QED) is 0.741. The van der Waals surface area contributed by atoms with Crippen LogP contribution in [0.5, 0.6) is 5.75 Å². The highest BCUT2D eigenvalue weighted by Crippen LogP contribution is 2.20. The second-order valence-electron chi connectivity index (χ2n) is 7.12. The number of amides is 2. The van der Waals surface area contributed by atoms with E-state index in [1.54, 1.807) is 38.5 Å². The summed E-state index contributed by atoms with van der Waals surface area (Å²) in [6.45, 7) is 5.72. The Morgan fingerprint density at radius 2 is 1.67 bits per heavy atom. The lowest BCUT2D eigenvalue weighted by Gasteiger charge is -2.36. The molecule has 1 atom stereocenters. The molecule has 0 N–H and O–H groups in total. The van der Waals surface area contributed by atoms with Crippen molar-refractivity contribution < 1.29 is 19.1 Å². The first kappa shape index (κ1) is 19.6.